The monoisotopic (exact) mass is 167 g/mol. The van der Waals surface area contributed by atoms with Gasteiger partial charge in [0.2, 0.25) is 0 Å². The van der Waals surface area contributed by atoms with E-state index in [1.807, 2.05) is 4.94 Å². The Bertz CT molecular complexity index is 114. The quantitative estimate of drug-likeness (QED) is 0.520. The van der Waals surface area contributed by atoms with Gasteiger partial charge in [0, 0.05) is 0 Å². The minimum absolute atomic E-state index is 0.363. The van der Waals surface area contributed by atoms with Crippen LogP contribution in [0.4, 0.5) is 0 Å². The molecule has 1 heterocycles. The summed E-state index contributed by atoms with van der Waals surface area (Å²) in [7, 11) is 0. The molecule has 0 spiro atoms. The molecule has 0 atom stereocenters. The maximum atomic E-state index is 5.43. The molecule has 0 aliphatic rings. The van der Waals surface area contributed by atoms with Crippen molar-refractivity contribution in [2.75, 3.05) is 0 Å². The predicted molar refractivity (Wildman–Crippen MR) is 26.2 cm³/mol. The van der Waals surface area contributed by atoms with E-state index in [2.05, 4.69) is 4.98 Å². The first-order valence-corrected chi connectivity index (χ1v) is 3.67. The van der Waals surface area contributed by atoms with Gasteiger partial charge in [-0.1, -0.05) is 0 Å². The third kappa shape index (κ3) is 0.839. The molecule has 3 heteroatoms. The van der Waals surface area contributed by atoms with Gasteiger partial charge in [0.1, 0.15) is 0 Å². The van der Waals surface area contributed by atoms with Crippen LogP contribution in [-0.4, -0.2) is 19.5 Å². The van der Waals surface area contributed by atoms with E-state index < -0.39 is 0 Å². The fourth-order valence-corrected chi connectivity index (χ4v) is 1.28. The normalized spacial score (nSPS) is 8.83. The molecular weight excluding hydrogens is 164 g/mol. The van der Waals surface area contributed by atoms with Crippen LogP contribution in [0.3, 0.4) is 0 Å². The Morgan fingerprint density at radius 2 is 2.67 bits per heavy atom. The van der Waals surface area contributed by atoms with E-state index in [0.29, 0.717) is 14.5 Å². The van der Waals surface area contributed by atoms with Crippen LogP contribution in [-0.2, 0) is 0 Å². The van der Waals surface area contributed by atoms with Gasteiger partial charge in [-0.3, -0.25) is 0 Å². The Morgan fingerprint density at radius 3 is 2.83 bits per heavy atom. The Hall–Kier alpha value is 0.219. The molecule has 6 heavy (non-hydrogen) atoms. The zero-order valence-corrected chi connectivity index (χ0v) is 5.36. The zero-order valence-electron chi connectivity index (χ0n) is 2.89. The average molecular weight is 166 g/mol. The number of hydrogen-bond donors (Lipinski definition) is 0. The van der Waals surface area contributed by atoms with Gasteiger partial charge in [-0.15, -0.1) is 0 Å². The van der Waals surface area contributed by atoms with Gasteiger partial charge in [-0.05, 0) is 0 Å². The molecule has 1 nitrogen and oxygen atoms in total. The number of halogens is 1. The van der Waals surface area contributed by atoms with E-state index in [1.54, 1.807) is 6.20 Å². The molecule has 0 aliphatic heterocycles. The summed E-state index contributed by atoms with van der Waals surface area (Å²) in [6, 6.07) is 0. The SMILES string of the molecule is Clc1ncc[se]1. The van der Waals surface area contributed by atoms with Crippen LogP contribution >= 0.6 is 11.6 Å². The second-order valence-electron chi connectivity index (χ2n) is 0.785. The van der Waals surface area contributed by atoms with Crippen molar-refractivity contribution in [2.45, 2.75) is 0 Å². The number of rotatable bonds is 0. The fraction of sp³-hybridized carbons (Fsp3) is 0. The first kappa shape index (κ1) is 4.38. The van der Waals surface area contributed by atoms with Crippen LogP contribution in [0.5, 0.6) is 0 Å². The molecule has 0 bridgehead atoms. The molecule has 0 N–H and O–H groups in total. The molecule has 0 saturated heterocycles. The van der Waals surface area contributed by atoms with Crippen LogP contribution in [0, 0.1) is 0 Å². The van der Waals surface area contributed by atoms with Gasteiger partial charge in [0.25, 0.3) is 0 Å². The van der Waals surface area contributed by atoms with Crippen LogP contribution in [0.15, 0.2) is 11.1 Å². The van der Waals surface area contributed by atoms with Gasteiger partial charge in [-0.25, -0.2) is 0 Å². The summed E-state index contributed by atoms with van der Waals surface area (Å²) < 4.78 is 0.752. The maximum absolute atomic E-state index is 5.43. The van der Waals surface area contributed by atoms with E-state index >= 15 is 0 Å². The second kappa shape index (κ2) is 1.78. The molecule has 0 amide bonds. The third-order valence-electron chi connectivity index (χ3n) is 0.402. The summed E-state index contributed by atoms with van der Waals surface area (Å²) in [6.45, 7) is 0. The molecule has 1 aromatic heterocycles. The molecular formula is C3H2ClNSe. The summed E-state index contributed by atoms with van der Waals surface area (Å²) >= 11 is 5.79. The van der Waals surface area contributed by atoms with Crippen LogP contribution in [0.25, 0.3) is 0 Å². The Labute approximate surface area is 46.7 Å². The van der Waals surface area contributed by atoms with Crippen LogP contribution in [0.1, 0.15) is 0 Å². The van der Waals surface area contributed by atoms with Crippen molar-refractivity contribution in [2.24, 2.45) is 0 Å². The first-order valence-electron chi connectivity index (χ1n) is 1.44. The van der Waals surface area contributed by atoms with Crippen molar-refractivity contribution < 1.29 is 0 Å². The van der Waals surface area contributed by atoms with Crippen molar-refractivity contribution in [3.05, 3.63) is 15.2 Å². The van der Waals surface area contributed by atoms with E-state index in [0.717, 1.165) is 4.03 Å². The van der Waals surface area contributed by atoms with E-state index in [9.17, 15) is 0 Å². The summed E-state index contributed by atoms with van der Waals surface area (Å²) in [5.41, 5.74) is 0. The molecule has 32 valence electrons. The Morgan fingerprint density at radius 1 is 1.83 bits per heavy atom. The summed E-state index contributed by atoms with van der Waals surface area (Å²) in [6.07, 6.45) is 1.74. The summed E-state index contributed by atoms with van der Waals surface area (Å²) in [5.74, 6) is 0. The molecule has 0 radical (unpaired) electrons. The molecule has 1 rings (SSSR count). The van der Waals surface area contributed by atoms with Gasteiger partial charge in [-0.2, -0.15) is 0 Å². The average Bonchev–Trinajstić information content (AvgIpc) is 1.86. The third-order valence-corrected chi connectivity index (χ3v) is 2.13. The van der Waals surface area contributed by atoms with Crippen molar-refractivity contribution >= 4 is 26.1 Å². The van der Waals surface area contributed by atoms with E-state index in [1.165, 1.54) is 0 Å². The molecule has 0 fully saturated rings. The Balaban J connectivity index is 3.05. The predicted octanol–water partition coefficient (Wildman–Crippen LogP) is 0.792. The van der Waals surface area contributed by atoms with Gasteiger partial charge in [0.15, 0.2) is 0 Å². The number of nitrogens with zero attached hydrogens (tertiary/aromatic N) is 1. The van der Waals surface area contributed by atoms with Crippen molar-refractivity contribution in [3.8, 4) is 0 Å². The molecule has 0 aromatic carbocycles. The van der Waals surface area contributed by atoms with E-state index in [-0.39, 0.29) is 0 Å². The van der Waals surface area contributed by atoms with Gasteiger partial charge in [0.05, 0.1) is 0 Å². The van der Waals surface area contributed by atoms with Crippen molar-refractivity contribution in [1.29, 1.82) is 0 Å². The molecule has 0 unspecified atom stereocenters. The fourth-order valence-electron chi connectivity index (χ4n) is 0.206. The van der Waals surface area contributed by atoms with Crippen LogP contribution in [0.2, 0.25) is 4.03 Å². The van der Waals surface area contributed by atoms with Crippen molar-refractivity contribution in [3.63, 3.8) is 0 Å². The number of hydrogen-bond acceptors (Lipinski definition) is 1. The topological polar surface area (TPSA) is 12.9 Å². The summed E-state index contributed by atoms with van der Waals surface area (Å²) in [4.78, 5) is 5.75. The van der Waals surface area contributed by atoms with Gasteiger partial charge >= 0.3 is 46.3 Å². The minimum atomic E-state index is 0.363. The van der Waals surface area contributed by atoms with E-state index in [4.69, 9.17) is 11.6 Å². The number of aromatic nitrogens is 1. The van der Waals surface area contributed by atoms with Gasteiger partial charge < -0.3 is 0 Å². The first-order chi connectivity index (χ1) is 2.89. The molecule has 0 saturated carbocycles. The van der Waals surface area contributed by atoms with Crippen molar-refractivity contribution in [1.82, 2.24) is 4.98 Å². The summed E-state index contributed by atoms with van der Waals surface area (Å²) in [5, 5.41) is 0. The van der Waals surface area contributed by atoms with Crippen LogP contribution < -0.4 is 0 Å². The molecule has 1 aromatic rings. The second-order valence-corrected chi connectivity index (χ2v) is 3.53. The molecule has 0 aliphatic carbocycles. The Kier molecular flexibility index (Phi) is 1.30. The zero-order chi connectivity index (χ0) is 4.41. The standard InChI is InChI=1S/C3H2ClNSe/c4-3-5-1-2-6-3/h1-2H.